The van der Waals surface area contributed by atoms with Gasteiger partial charge in [-0.1, -0.05) is 15.9 Å². The number of esters is 1. The van der Waals surface area contributed by atoms with Crippen molar-refractivity contribution in [2.45, 2.75) is 19.9 Å². The van der Waals surface area contributed by atoms with Gasteiger partial charge in [0.15, 0.2) is 0 Å². The van der Waals surface area contributed by atoms with E-state index in [1.54, 1.807) is 0 Å². The van der Waals surface area contributed by atoms with E-state index in [0.29, 0.717) is 5.69 Å². The average Bonchev–Trinajstić information content (AvgIpc) is 2.75. The Morgan fingerprint density at radius 3 is 2.67 bits per heavy atom. The molecular weight excluding hydrogens is 338 g/mol. The van der Waals surface area contributed by atoms with Crippen LogP contribution in [0.4, 0.5) is 10.5 Å². The van der Waals surface area contributed by atoms with Crippen LogP contribution in [0, 0.1) is 0 Å². The van der Waals surface area contributed by atoms with Crippen molar-refractivity contribution in [3.63, 3.8) is 0 Å². The van der Waals surface area contributed by atoms with Gasteiger partial charge in [0.05, 0.1) is 12.8 Å². The van der Waals surface area contributed by atoms with Crippen LogP contribution in [0.5, 0.6) is 0 Å². The first-order chi connectivity index (χ1) is 9.92. The lowest BCUT2D eigenvalue weighted by Gasteiger charge is -2.10. The van der Waals surface area contributed by atoms with Crippen molar-refractivity contribution in [3.05, 3.63) is 28.4 Å². The second-order valence-corrected chi connectivity index (χ2v) is 5.73. The van der Waals surface area contributed by atoms with Crippen molar-refractivity contribution in [1.29, 1.82) is 0 Å². The number of anilines is 1. The number of halogens is 1. The van der Waals surface area contributed by atoms with Crippen molar-refractivity contribution < 1.29 is 14.3 Å². The van der Waals surface area contributed by atoms with Gasteiger partial charge in [-0.3, -0.25) is 0 Å². The van der Waals surface area contributed by atoms with E-state index in [9.17, 15) is 9.59 Å². The van der Waals surface area contributed by atoms with Gasteiger partial charge in [0, 0.05) is 21.4 Å². The lowest BCUT2D eigenvalue weighted by molar-refractivity contribution is 0.0596. The third kappa shape index (κ3) is 3.36. The summed E-state index contributed by atoms with van der Waals surface area (Å²) in [6, 6.07) is 5.10. The van der Waals surface area contributed by atoms with Gasteiger partial charge in [-0.2, -0.15) is 0 Å². The molecule has 0 aliphatic heterocycles. The maximum atomic E-state index is 11.9. The molecule has 0 saturated carbocycles. The zero-order valence-corrected chi connectivity index (χ0v) is 13.5. The number of methoxy groups -OCH3 is 1. The van der Waals surface area contributed by atoms with Gasteiger partial charge in [-0.05, 0) is 32.0 Å². The summed E-state index contributed by atoms with van der Waals surface area (Å²) in [4.78, 5) is 26.7. The second-order valence-electron chi connectivity index (χ2n) is 4.81. The van der Waals surface area contributed by atoms with Gasteiger partial charge < -0.3 is 20.4 Å². The van der Waals surface area contributed by atoms with E-state index in [2.05, 4.69) is 31.5 Å². The molecule has 7 heteroatoms. The fourth-order valence-electron chi connectivity index (χ4n) is 1.96. The van der Waals surface area contributed by atoms with Crippen molar-refractivity contribution in [2.24, 2.45) is 0 Å². The third-order valence-electron chi connectivity index (χ3n) is 2.81. The average molecular weight is 354 g/mol. The van der Waals surface area contributed by atoms with Gasteiger partial charge in [0.2, 0.25) is 0 Å². The SMILES string of the molecule is COC(=O)c1[nH]c2ccc(Br)cc2c1NC(=O)NC(C)C. The molecule has 0 unspecified atom stereocenters. The maximum Gasteiger partial charge on any atom is 0.356 e. The zero-order valence-electron chi connectivity index (χ0n) is 11.9. The summed E-state index contributed by atoms with van der Waals surface area (Å²) >= 11 is 3.38. The topological polar surface area (TPSA) is 83.2 Å². The standard InChI is InChI=1S/C14H16BrN3O3/c1-7(2)16-14(20)18-11-9-6-8(15)4-5-10(9)17-12(11)13(19)21-3/h4-7,17H,1-3H3,(H2,16,18,20). The van der Waals surface area contributed by atoms with Gasteiger partial charge in [0.1, 0.15) is 5.69 Å². The normalized spacial score (nSPS) is 10.7. The summed E-state index contributed by atoms with van der Waals surface area (Å²) in [6.07, 6.45) is 0. The van der Waals surface area contributed by atoms with Crippen molar-refractivity contribution in [1.82, 2.24) is 10.3 Å². The summed E-state index contributed by atoms with van der Waals surface area (Å²) in [5.74, 6) is -0.540. The number of hydrogen-bond donors (Lipinski definition) is 3. The minimum atomic E-state index is -0.540. The minimum absolute atomic E-state index is 0.0106. The molecule has 1 aromatic carbocycles. The van der Waals surface area contributed by atoms with E-state index in [1.165, 1.54) is 7.11 Å². The number of aromatic nitrogens is 1. The van der Waals surface area contributed by atoms with Crippen molar-refractivity contribution in [3.8, 4) is 0 Å². The molecule has 0 fully saturated rings. The number of carbonyl (C=O) groups excluding carboxylic acids is 2. The van der Waals surface area contributed by atoms with Crippen LogP contribution in [0.2, 0.25) is 0 Å². The molecule has 0 spiro atoms. The van der Waals surface area contributed by atoms with E-state index in [4.69, 9.17) is 4.74 Å². The van der Waals surface area contributed by atoms with Crippen LogP contribution in [-0.4, -0.2) is 30.1 Å². The molecular formula is C14H16BrN3O3. The van der Waals surface area contributed by atoms with E-state index in [-0.39, 0.29) is 17.8 Å². The molecule has 1 aromatic heterocycles. The summed E-state index contributed by atoms with van der Waals surface area (Å²) in [7, 11) is 1.29. The van der Waals surface area contributed by atoms with Crippen LogP contribution in [0.15, 0.2) is 22.7 Å². The maximum absolute atomic E-state index is 11.9. The molecule has 0 atom stereocenters. The number of carbonyl (C=O) groups is 2. The Morgan fingerprint density at radius 1 is 1.33 bits per heavy atom. The number of rotatable bonds is 3. The highest BCUT2D eigenvalue weighted by molar-refractivity contribution is 9.10. The molecule has 0 radical (unpaired) electrons. The van der Waals surface area contributed by atoms with Crippen LogP contribution in [0.25, 0.3) is 10.9 Å². The van der Waals surface area contributed by atoms with E-state index < -0.39 is 5.97 Å². The molecule has 1 heterocycles. The molecule has 0 bridgehead atoms. The molecule has 112 valence electrons. The molecule has 2 rings (SSSR count). The predicted octanol–water partition coefficient (Wildman–Crippen LogP) is 3.25. The first kappa shape index (κ1) is 15.4. The summed E-state index contributed by atoms with van der Waals surface area (Å²) in [5, 5.41) is 6.15. The molecule has 6 nitrogen and oxygen atoms in total. The van der Waals surface area contributed by atoms with Gasteiger partial charge >= 0.3 is 12.0 Å². The monoisotopic (exact) mass is 353 g/mol. The Labute approximate surface area is 130 Å². The van der Waals surface area contributed by atoms with E-state index in [0.717, 1.165) is 15.4 Å². The van der Waals surface area contributed by atoms with Crippen LogP contribution in [0.1, 0.15) is 24.3 Å². The largest absolute Gasteiger partial charge is 0.464 e. The Balaban J connectivity index is 2.49. The van der Waals surface area contributed by atoms with Crippen molar-refractivity contribution >= 4 is 44.5 Å². The summed E-state index contributed by atoms with van der Waals surface area (Å²) < 4.78 is 5.59. The Hall–Kier alpha value is -2.02. The second kappa shape index (κ2) is 6.17. The number of fused-ring (bicyclic) bond motifs is 1. The molecule has 0 saturated heterocycles. The van der Waals surface area contributed by atoms with Crippen LogP contribution < -0.4 is 10.6 Å². The summed E-state index contributed by atoms with van der Waals surface area (Å²) in [5.41, 5.74) is 1.35. The Bertz CT molecular complexity index is 694. The van der Waals surface area contributed by atoms with Gasteiger partial charge in [0.25, 0.3) is 0 Å². The fraction of sp³-hybridized carbons (Fsp3) is 0.286. The minimum Gasteiger partial charge on any atom is -0.464 e. The quantitative estimate of drug-likeness (QED) is 0.740. The number of nitrogens with one attached hydrogen (secondary N) is 3. The number of hydrogen-bond acceptors (Lipinski definition) is 3. The van der Waals surface area contributed by atoms with Crippen LogP contribution >= 0.6 is 15.9 Å². The number of benzene rings is 1. The first-order valence-electron chi connectivity index (χ1n) is 6.39. The van der Waals surface area contributed by atoms with Crippen LogP contribution in [-0.2, 0) is 4.74 Å². The molecule has 0 aliphatic carbocycles. The predicted molar refractivity (Wildman–Crippen MR) is 84.6 cm³/mol. The number of urea groups is 1. The lowest BCUT2D eigenvalue weighted by Crippen LogP contribution is -2.34. The summed E-state index contributed by atoms with van der Waals surface area (Å²) in [6.45, 7) is 3.71. The highest BCUT2D eigenvalue weighted by atomic mass is 79.9. The Kier molecular flexibility index (Phi) is 4.52. The molecule has 0 aliphatic rings. The highest BCUT2D eigenvalue weighted by Gasteiger charge is 2.20. The third-order valence-corrected chi connectivity index (χ3v) is 3.30. The number of aromatic amines is 1. The van der Waals surface area contributed by atoms with E-state index >= 15 is 0 Å². The number of amides is 2. The first-order valence-corrected chi connectivity index (χ1v) is 7.18. The number of ether oxygens (including phenoxy) is 1. The van der Waals surface area contributed by atoms with E-state index in [1.807, 2.05) is 32.0 Å². The fourth-order valence-corrected chi connectivity index (χ4v) is 2.32. The molecule has 3 N–H and O–H groups in total. The van der Waals surface area contributed by atoms with Crippen molar-refractivity contribution in [2.75, 3.05) is 12.4 Å². The number of H-pyrrole nitrogens is 1. The Morgan fingerprint density at radius 2 is 2.05 bits per heavy atom. The van der Waals surface area contributed by atoms with Crippen LogP contribution in [0.3, 0.4) is 0 Å². The van der Waals surface area contributed by atoms with Gasteiger partial charge in [-0.25, -0.2) is 9.59 Å². The lowest BCUT2D eigenvalue weighted by atomic mass is 10.2. The smallest absolute Gasteiger partial charge is 0.356 e. The highest BCUT2D eigenvalue weighted by Crippen LogP contribution is 2.30. The molecule has 2 amide bonds. The molecule has 21 heavy (non-hydrogen) atoms. The van der Waals surface area contributed by atoms with Gasteiger partial charge in [-0.15, -0.1) is 0 Å². The molecule has 2 aromatic rings. The zero-order chi connectivity index (χ0) is 15.6.